The van der Waals surface area contributed by atoms with Crippen LogP contribution in [0, 0.1) is 14.3 Å². The van der Waals surface area contributed by atoms with Crippen LogP contribution in [0.3, 0.4) is 0 Å². The van der Waals surface area contributed by atoms with Crippen molar-refractivity contribution in [1.82, 2.24) is 10.6 Å². The average Bonchev–Trinajstić information content (AvgIpc) is 2.94. The zero-order chi connectivity index (χ0) is 34.6. The summed E-state index contributed by atoms with van der Waals surface area (Å²) in [5.74, 6) is 0.269. The molecule has 0 saturated heterocycles. The number of nitrogens with one attached hydrogen (secondary N) is 2. The van der Waals surface area contributed by atoms with Gasteiger partial charge in [0.05, 0.1) is 21.4 Å². The van der Waals surface area contributed by atoms with Crippen LogP contribution in [0.15, 0.2) is 24.3 Å². The molecule has 0 aliphatic heterocycles. The minimum Gasteiger partial charge on any atom is -0.489 e. The summed E-state index contributed by atoms with van der Waals surface area (Å²) in [5, 5.41) is 25.7. The molecule has 2 aromatic rings. The summed E-state index contributed by atoms with van der Waals surface area (Å²) in [7, 11) is 1.32. The van der Waals surface area contributed by atoms with Crippen LogP contribution in [0.2, 0.25) is 0 Å². The SMILES string of the molecule is COC(=O)C(N)CCCCNCC(O)COc1c(I)cc(Oc2c(I)cc(CC(NC(=O)OC(C)(C)C)C(=O)O)cc2I)cc1I. The van der Waals surface area contributed by atoms with E-state index in [0.29, 0.717) is 42.3 Å². The Morgan fingerprint density at radius 1 is 0.957 bits per heavy atom. The van der Waals surface area contributed by atoms with E-state index in [0.717, 1.165) is 27.1 Å². The Kier molecular flexibility index (Phi) is 17.8. The lowest BCUT2D eigenvalue weighted by Gasteiger charge is -2.22. The van der Waals surface area contributed by atoms with E-state index in [1.807, 2.05) is 24.3 Å². The number of carboxylic acid groups (broad SMARTS) is 1. The Morgan fingerprint density at radius 2 is 1.54 bits per heavy atom. The second kappa shape index (κ2) is 19.9. The fourth-order valence-corrected chi connectivity index (χ4v) is 8.09. The number of methoxy groups -OCH3 is 1. The van der Waals surface area contributed by atoms with Crippen molar-refractivity contribution in [2.75, 3.05) is 26.8 Å². The van der Waals surface area contributed by atoms with Crippen molar-refractivity contribution in [3.63, 3.8) is 0 Å². The Bertz CT molecular complexity index is 1310. The molecule has 2 aromatic carbocycles. The van der Waals surface area contributed by atoms with Crippen molar-refractivity contribution in [1.29, 1.82) is 0 Å². The predicted molar refractivity (Wildman–Crippen MR) is 207 cm³/mol. The van der Waals surface area contributed by atoms with Crippen molar-refractivity contribution in [2.24, 2.45) is 5.73 Å². The number of carboxylic acids is 1. The first-order chi connectivity index (χ1) is 21.5. The molecule has 0 saturated carbocycles. The number of amides is 1. The number of aliphatic hydroxyl groups excluding tert-OH is 1. The molecule has 0 aliphatic rings. The molecule has 2 rings (SSSR count). The number of carbonyl (C=O) groups excluding carboxylic acids is 2. The summed E-state index contributed by atoms with van der Waals surface area (Å²) >= 11 is 8.60. The Hall–Kier alpha value is -0.950. The summed E-state index contributed by atoms with van der Waals surface area (Å²) in [6, 6.07) is 5.55. The Morgan fingerprint density at radius 3 is 2.09 bits per heavy atom. The number of aliphatic hydroxyl groups is 1. The van der Waals surface area contributed by atoms with Gasteiger partial charge in [0.25, 0.3) is 0 Å². The fourth-order valence-electron chi connectivity index (χ4n) is 3.96. The summed E-state index contributed by atoms with van der Waals surface area (Å²) < 4.78 is 25.2. The first-order valence-electron chi connectivity index (χ1n) is 14.2. The van der Waals surface area contributed by atoms with Crippen molar-refractivity contribution < 1.29 is 43.5 Å². The molecular formula is C30H39I4N3O9. The van der Waals surface area contributed by atoms with Gasteiger partial charge in [-0.25, -0.2) is 9.59 Å². The number of hydrogen-bond donors (Lipinski definition) is 5. The third-order valence-electron chi connectivity index (χ3n) is 6.10. The van der Waals surface area contributed by atoms with Gasteiger partial charge in [-0.2, -0.15) is 0 Å². The van der Waals surface area contributed by atoms with Crippen molar-refractivity contribution in [2.45, 2.75) is 70.2 Å². The quantitative estimate of drug-likeness (QED) is 0.0777. The van der Waals surface area contributed by atoms with Crippen LogP contribution in [-0.2, 0) is 25.5 Å². The van der Waals surface area contributed by atoms with E-state index in [1.165, 1.54) is 7.11 Å². The molecule has 0 radical (unpaired) electrons. The van der Waals surface area contributed by atoms with Gasteiger partial charge in [-0.15, -0.1) is 0 Å². The van der Waals surface area contributed by atoms with E-state index in [2.05, 4.69) is 106 Å². The normalized spacial score (nSPS) is 13.3. The molecule has 3 unspecified atom stereocenters. The lowest BCUT2D eigenvalue weighted by Crippen LogP contribution is -2.44. The molecule has 1 amide bonds. The second-order valence-corrected chi connectivity index (χ2v) is 15.9. The molecule has 0 fully saturated rings. The highest BCUT2D eigenvalue weighted by Gasteiger charge is 2.25. The molecule has 0 aromatic heterocycles. The zero-order valence-electron chi connectivity index (χ0n) is 25.8. The van der Waals surface area contributed by atoms with E-state index in [1.54, 1.807) is 20.8 Å². The molecule has 6 N–H and O–H groups in total. The number of carbonyl (C=O) groups is 3. The number of hydrogen-bond acceptors (Lipinski definition) is 10. The van der Waals surface area contributed by atoms with Crippen LogP contribution < -0.4 is 25.8 Å². The number of unbranched alkanes of at least 4 members (excludes halogenated alkanes) is 1. The van der Waals surface area contributed by atoms with Gasteiger partial charge in [0.2, 0.25) is 0 Å². The van der Waals surface area contributed by atoms with Crippen molar-refractivity contribution in [3.05, 3.63) is 44.1 Å². The van der Waals surface area contributed by atoms with Gasteiger partial charge in [0.1, 0.15) is 41.9 Å². The van der Waals surface area contributed by atoms with Gasteiger partial charge >= 0.3 is 18.0 Å². The lowest BCUT2D eigenvalue weighted by molar-refractivity contribution is -0.142. The maximum atomic E-state index is 12.2. The van der Waals surface area contributed by atoms with Crippen LogP contribution >= 0.6 is 90.4 Å². The molecule has 46 heavy (non-hydrogen) atoms. The standard InChI is InChI=1S/C30H39I4N3O9/c1-30(2,3)46-29(42)37-24(27(39)40)11-16-9-19(31)26(20(32)10-16)45-18-12-21(33)25(22(34)13-18)44-15-17(38)14-36-8-6-5-7-23(35)28(41)43-4/h9-10,12-13,17,23-24,36,38H,5-8,11,14-15,35H2,1-4H3,(H,37,42)(H,39,40). The number of rotatable bonds is 17. The molecular weight excluding hydrogens is 1050 g/mol. The maximum Gasteiger partial charge on any atom is 0.408 e. The minimum atomic E-state index is -1.17. The minimum absolute atomic E-state index is 0.0653. The number of benzene rings is 2. The van der Waals surface area contributed by atoms with Gasteiger partial charge < -0.3 is 45.5 Å². The highest BCUT2D eigenvalue weighted by molar-refractivity contribution is 14.1. The molecule has 0 spiro atoms. The summed E-state index contributed by atoms with van der Waals surface area (Å²) in [6.45, 7) is 6.25. The first kappa shape index (κ1) is 41.2. The number of nitrogens with two attached hydrogens (primary N) is 1. The molecule has 0 heterocycles. The van der Waals surface area contributed by atoms with Crippen molar-refractivity contribution >= 4 is 108 Å². The number of halogens is 4. The number of aliphatic carboxylic acids is 1. The van der Waals surface area contributed by atoms with Crippen LogP contribution in [0.1, 0.15) is 45.6 Å². The zero-order valence-corrected chi connectivity index (χ0v) is 34.5. The largest absolute Gasteiger partial charge is 0.489 e. The lowest BCUT2D eigenvalue weighted by atomic mass is 10.1. The third kappa shape index (κ3) is 14.7. The second-order valence-electron chi connectivity index (χ2n) is 11.2. The molecule has 0 aliphatic carbocycles. The Labute approximate surface area is 323 Å². The first-order valence-corrected chi connectivity index (χ1v) is 18.5. The molecule has 0 bridgehead atoms. The summed E-state index contributed by atoms with van der Waals surface area (Å²) in [4.78, 5) is 35.4. The maximum absolute atomic E-state index is 12.2. The van der Waals surface area contributed by atoms with Crippen LogP contribution in [0.25, 0.3) is 0 Å². The fraction of sp³-hybridized carbons (Fsp3) is 0.500. The highest BCUT2D eigenvalue weighted by atomic mass is 127. The van der Waals surface area contributed by atoms with Crippen LogP contribution in [0.4, 0.5) is 4.79 Å². The van der Waals surface area contributed by atoms with E-state index < -0.39 is 41.8 Å². The highest BCUT2D eigenvalue weighted by Crippen LogP contribution is 2.37. The van der Waals surface area contributed by atoms with Gasteiger partial charge in [0.15, 0.2) is 5.75 Å². The molecule has 256 valence electrons. The summed E-state index contributed by atoms with van der Waals surface area (Å²) in [5.41, 5.74) is 5.70. The average molecular weight is 1090 g/mol. The monoisotopic (exact) mass is 1090 g/mol. The van der Waals surface area contributed by atoms with Crippen LogP contribution in [-0.4, -0.2) is 78.8 Å². The van der Waals surface area contributed by atoms with Crippen molar-refractivity contribution in [3.8, 4) is 17.2 Å². The number of alkyl carbamates (subject to hydrolysis) is 1. The van der Waals surface area contributed by atoms with E-state index in [9.17, 15) is 24.6 Å². The Balaban J connectivity index is 1.95. The number of esters is 1. The topological polar surface area (TPSA) is 179 Å². The van der Waals surface area contributed by atoms with Crippen LogP contribution in [0.5, 0.6) is 17.2 Å². The van der Waals surface area contributed by atoms with E-state index >= 15 is 0 Å². The molecule has 3 atom stereocenters. The van der Waals surface area contributed by atoms with Gasteiger partial charge in [0, 0.05) is 13.0 Å². The third-order valence-corrected chi connectivity index (χ3v) is 9.31. The van der Waals surface area contributed by atoms with E-state index in [4.69, 9.17) is 19.9 Å². The molecule has 16 heteroatoms. The van der Waals surface area contributed by atoms with Gasteiger partial charge in [-0.05, 0) is 160 Å². The molecule has 12 nitrogen and oxygen atoms in total. The predicted octanol–water partition coefficient (Wildman–Crippen LogP) is 5.42. The van der Waals surface area contributed by atoms with E-state index in [-0.39, 0.29) is 13.0 Å². The van der Waals surface area contributed by atoms with Gasteiger partial charge in [-0.3, -0.25) is 4.79 Å². The summed E-state index contributed by atoms with van der Waals surface area (Å²) in [6.07, 6.45) is 0.671. The van der Waals surface area contributed by atoms with Gasteiger partial charge in [-0.1, -0.05) is 6.42 Å². The number of ether oxygens (including phenoxy) is 4. The smallest absolute Gasteiger partial charge is 0.408 e.